The number of sulfonamides is 1. The molecule has 1 fully saturated rings. The van der Waals surface area contributed by atoms with E-state index in [2.05, 4.69) is 19.9 Å². The lowest BCUT2D eigenvalue weighted by Crippen LogP contribution is -2.15. The van der Waals surface area contributed by atoms with Gasteiger partial charge in [0, 0.05) is 17.2 Å². The molecule has 1 aliphatic rings. The van der Waals surface area contributed by atoms with Crippen molar-refractivity contribution in [3.05, 3.63) is 46.7 Å². The third kappa shape index (κ3) is 3.23. The minimum absolute atomic E-state index is 0.118. The molecule has 7 nitrogen and oxygen atoms in total. The average Bonchev–Trinajstić information content (AvgIpc) is 3.23. The molecule has 1 aromatic carbocycles. The maximum Gasteiger partial charge on any atom is 0.264 e. The van der Waals surface area contributed by atoms with E-state index in [1.165, 1.54) is 18.2 Å². The molecule has 0 atom stereocenters. The standard InChI is InChI=1S/C18H19FN4O3S/c1-9-8-13(19)6-7-14(9)23-27(24,25)16-10(2)15(20-11(16)3)18-22-21-17(26-18)12-4-5-12/h6-8,12,20,23H,4-5H2,1-3H3. The molecule has 1 saturated carbocycles. The zero-order chi connectivity index (χ0) is 19.3. The van der Waals surface area contributed by atoms with Gasteiger partial charge in [0.2, 0.25) is 5.89 Å². The lowest BCUT2D eigenvalue weighted by Gasteiger charge is -2.11. The molecule has 0 amide bonds. The molecule has 4 rings (SSSR count). The van der Waals surface area contributed by atoms with E-state index in [9.17, 15) is 12.8 Å². The van der Waals surface area contributed by atoms with Crippen molar-refractivity contribution in [1.82, 2.24) is 15.2 Å². The minimum Gasteiger partial charge on any atom is -0.419 e. The number of benzene rings is 1. The van der Waals surface area contributed by atoms with E-state index in [1.54, 1.807) is 20.8 Å². The van der Waals surface area contributed by atoms with Crippen LogP contribution in [-0.4, -0.2) is 23.6 Å². The number of nitrogens with zero attached hydrogens (tertiary/aromatic N) is 2. The summed E-state index contributed by atoms with van der Waals surface area (Å²) in [6.45, 7) is 4.99. The van der Waals surface area contributed by atoms with Crippen LogP contribution in [0.1, 0.15) is 41.5 Å². The smallest absolute Gasteiger partial charge is 0.264 e. The molecule has 0 radical (unpaired) electrons. The molecule has 0 unspecified atom stereocenters. The highest BCUT2D eigenvalue weighted by atomic mass is 32.2. The van der Waals surface area contributed by atoms with Crippen molar-refractivity contribution < 1.29 is 17.2 Å². The Morgan fingerprint density at radius 1 is 1.22 bits per heavy atom. The van der Waals surface area contributed by atoms with Crippen molar-refractivity contribution in [2.75, 3.05) is 4.72 Å². The zero-order valence-electron chi connectivity index (χ0n) is 15.1. The SMILES string of the molecule is Cc1cc(F)ccc1NS(=O)(=O)c1c(C)[nH]c(-c2nnc(C3CC3)o2)c1C. The first-order valence-corrected chi connectivity index (χ1v) is 10.1. The first kappa shape index (κ1) is 17.7. The number of hydrogen-bond acceptors (Lipinski definition) is 5. The van der Waals surface area contributed by atoms with Crippen LogP contribution in [-0.2, 0) is 10.0 Å². The van der Waals surface area contributed by atoms with E-state index in [4.69, 9.17) is 4.42 Å². The van der Waals surface area contributed by atoms with Crippen LogP contribution in [0.5, 0.6) is 0 Å². The maximum atomic E-state index is 13.3. The molecule has 1 aliphatic carbocycles. The fourth-order valence-corrected chi connectivity index (χ4v) is 4.70. The van der Waals surface area contributed by atoms with Crippen molar-refractivity contribution in [3.8, 4) is 11.6 Å². The Labute approximate surface area is 156 Å². The molecule has 9 heteroatoms. The number of aryl methyl sites for hydroxylation is 2. The lowest BCUT2D eigenvalue weighted by atomic mass is 10.2. The summed E-state index contributed by atoms with van der Waals surface area (Å²) in [5.41, 5.74) is 2.26. The van der Waals surface area contributed by atoms with Gasteiger partial charge in [-0.3, -0.25) is 4.72 Å². The van der Waals surface area contributed by atoms with E-state index in [1.807, 2.05) is 0 Å². The van der Waals surface area contributed by atoms with Gasteiger partial charge in [-0.05, 0) is 57.4 Å². The molecule has 2 N–H and O–H groups in total. The van der Waals surface area contributed by atoms with E-state index in [0.29, 0.717) is 40.0 Å². The Kier molecular flexibility index (Phi) is 4.06. The summed E-state index contributed by atoms with van der Waals surface area (Å²) in [5.74, 6) is 0.751. The van der Waals surface area contributed by atoms with Gasteiger partial charge in [-0.15, -0.1) is 10.2 Å². The van der Waals surface area contributed by atoms with Gasteiger partial charge < -0.3 is 9.40 Å². The second-order valence-electron chi connectivity index (χ2n) is 6.86. The number of aromatic amines is 1. The summed E-state index contributed by atoms with van der Waals surface area (Å²) < 4.78 is 47.4. The van der Waals surface area contributed by atoms with E-state index in [0.717, 1.165) is 12.8 Å². The first-order valence-electron chi connectivity index (χ1n) is 8.58. The predicted octanol–water partition coefficient (Wildman–Crippen LogP) is 3.81. The Balaban J connectivity index is 1.71. The van der Waals surface area contributed by atoms with E-state index in [-0.39, 0.29) is 10.8 Å². The van der Waals surface area contributed by atoms with Crippen LogP contribution in [0.4, 0.5) is 10.1 Å². The number of aromatic nitrogens is 3. The molecular formula is C18H19FN4O3S. The van der Waals surface area contributed by atoms with Crippen molar-refractivity contribution in [1.29, 1.82) is 0 Å². The maximum absolute atomic E-state index is 13.3. The van der Waals surface area contributed by atoms with Gasteiger partial charge >= 0.3 is 0 Å². The van der Waals surface area contributed by atoms with Crippen molar-refractivity contribution in [3.63, 3.8) is 0 Å². The second-order valence-corrected chi connectivity index (χ2v) is 8.48. The molecule has 142 valence electrons. The fraction of sp³-hybridized carbons (Fsp3) is 0.333. The number of hydrogen-bond donors (Lipinski definition) is 2. The Hall–Kier alpha value is -2.68. The third-order valence-electron chi connectivity index (χ3n) is 4.65. The second kappa shape index (κ2) is 6.19. The van der Waals surface area contributed by atoms with Crippen LogP contribution in [0.25, 0.3) is 11.6 Å². The molecule has 0 saturated heterocycles. The topological polar surface area (TPSA) is 101 Å². The Morgan fingerprint density at radius 2 is 1.96 bits per heavy atom. The summed E-state index contributed by atoms with van der Waals surface area (Å²) in [6.07, 6.45) is 2.07. The number of halogens is 1. The number of nitrogens with one attached hydrogen (secondary N) is 2. The van der Waals surface area contributed by atoms with Crippen molar-refractivity contribution >= 4 is 15.7 Å². The molecular weight excluding hydrogens is 371 g/mol. The van der Waals surface area contributed by atoms with E-state index >= 15 is 0 Å². The van der Waals surface area contributed by atoms with Crippen LogP contribution >= 0.6 is 0 Å². The quantitative estimate of drug-likeness (QED) is 0.690. The molecule has 2 heterocycles. The lowest BCUT2D eigenvalue weighted by molar-refractivity contribution is 0.507. The zero-order valence-corrected chi connectivity index (χ0v) is 15.9. The number of H-pyrrole nitrogens is 1. The van der Waals surface area contributed by atoms with Gasteiger partial charge in [0.25, 0.3) is 15.9 Å². The molecule has 3 aromatic rings. The van der Waals surface area contributed by atoms with Gasteiger partial charge in [0.15, 0.2) is 0 Å². The van der Waals surface area contributed by atoms with Crippen LogP contribution in [0.3, 0.4) is 0 Å². The molecule has 0 spiro atoms. The number of rotatable bonds is 5. The molecule has 2 aromatic heterocycles. The van der Waals surface area contributed by atoms with Gasteiger partial charge in [-0.2, -0.15) is 0 Å². The van der Waals surface area contributed by atoms with Gasteiger partial charge in [0.1, 0.15) is 16.4 Å². The summed E-state index contributed by atoms with van der Waals surface area (Å²) in [5, 5.41) is 8.10. The minimum atomic E-state index is -3.89. The van der Waals surface area contributed by atoms with Crippen LogP contribution in [0.15, 0.2) is 27.5 Å². The summed E-state index contributed by atoms with van der Waals surface area (Å²) >= 11 is 0. The summed E-state index contributed by atoms with van der Waals surface area (Å²) in [6, 6.07) is 3.89. The van der Waals surface area contributed by atoms with Crippen LogP contribution in [0.2, 0.25) is 0 Å². The van der Waals surface area contributed by atoms with Gasteiger partial charge in [-0.1, -0.05) is 0 Å². The highest BCUT2D eigenvalue weighted by Crippen LogP contribution is 2.40. The summed E-state index contributed by atoms with van der Waals surface area (Å²) in [4.78, 5) is 3.16. The molecule has 0 aliphatic heterocycles. The summed E-state index contributed by atoms with van der Waals surface area (Å²) in [7, 11) is -3.89. The Bertz CT molecular complexity index is 1130. The molecule has 27 heavy (non-hydrogen) atoms. The van der Waals surface area contributed by atoms with Gasteiger partial charge in [-0.25, -0.2) is 12.8 Å². The van der Waals surface area contributed by atoms with E-state index < -0.39 is 15.8 Å². The monoisotopic (exact) mass is 390 g/mol. The van der Waals surface area contributed by atoms with Crippen molar-refractivity contribution in [2.24, 2.45) is 0 Å². The van der Waals surface area contributed by atoms with Crippen LogP contribution in [0, 0.1) is 26.6 Å². The third-order valence-corrected chi connectivity index (χ3v) is 6.29. The van der Waals surface area contributed by atoms with Crippen LogP contribution < -0.4 is 4.72 Å². The normalized spacial score (nSPS) is 14.5. The predicted molar refractivity (Wildman–Crippen MR) is 97.5 cm³/mol. The first-order chi connectivity index (χ1) is 12.8. The largest absolute Gasteiger partial charge is 0.419 e. The van der Waals surface area contributed by atoms with Gasteiger partial charge in [0.05, 0.1) is 5.69 Å². The number of anilines is 1. The fourth-order valence-electron chi connectivity index (χ4n) is 3.12. The van der Waals surface area contributed by atoms with Crippen molar-refractivity contribution in [2.45, 2.75) is 44.4 Å². The Morgan fingerprint density at radius 3 is 2.63 bits per heavy atom. The average molecular weight is 390 g/mol. The highest BCUT2D eigenvalue weighted by Gasteiger charge is 2.31. The molecule has 0 bridgehead atoms. The highest BCUT2D eigenvalue weighted by molar-refractivity contribution is 7.92.